The van der Waals surface area contributed by atoms with Crippen LogP contribution in [0.1, 0.15) is 27.8 Å². The number of aryl methyl sites for hydroxylation is 4. The summed E-state index contributed by atoms with van der Waals surface area (Å²) in [6, 6.07) is 17.4. The van der Waals surface area contributed by atoms with Gasteiger partial charge in [0.05, 0.1) is 60.6 Å². The van der Waals surface area contributed by atoms with Gasteiger partial charge in [-0.2, -0.15) is 0 Å². The van der Waals surface area contributed by atoms with Gasteiger partial charge in [0.25, 0.3) is 0 Å². The van der Waals surface area contributed by atoms with Crippen LogP contribution in [-0.2, 0) is 6.54 Å². The molecule has 246 valence electrons. The van der Waals surface area contributed by atoms with Crippen LogP contribution >= 0.6 is 0 Å². The van der Waals surface area contributed by atoms with E-state index in [4.69, 9.17) is 0 Å². The minimum atomic E-state index is -4.50. The summed E-state index contributed by atoms with van der Waals surface area (Å²) in [7, 11) is 4.32. The van der Waals surface area contributed by atoms with Gasteiger partial charge < -0.3 is 4.90 Å². The fourth-order valence-corrected chi connectivity index (χ4v) is 6.17. The Labute approximate surface area is 269 Å². The summed E-state index contributed by atoms with van der Waals surface area (Å²) >= 11 is 0. The molecule has 0 heterocycles. The van der Waals surface area contributed by atoms with Crippen molar-refractivity contribution in [2.45, 2.75) is 34.2 Å². The molecule has 0 saturated carbocycles. The summed E-state index contributed by atoms with van der Waals surface area (Å²) in [5.41, 5.74) is -4.79. The lowest BCUT2D eigenvalue weighted by Gasteiger charge is -2.45. The van der Waals surface area contributed by atoms with Crippen molar-refractivity contribution in [1.82, 2.24) is 0 Å². The highest BCUT2D eigenvalue weighted by Gasteiger charge is 2.46. The van der Waals surface area contributed by atoms with Crippen LogP contribution < -0.4 is 26.8 Å². The number of rotatable bonds is 6. The van der Waals surface area contributed by atoms with E-state index in [1.807, 2.05) is 0 Å². The van der Waals surface area contributed by atoms with Crippen LogP contribution in [0.5, 0.6) is 0 Å². The van der Waals surface area contributed by atoms with E-state index in [2.05, 4.69) is 44.4 Å². The van der Waals surface area contributed by atoms with Gasteiger partial charge in [-0.3, -0.25) is 0 Å². The molecule has 0 radical (unpaired) electrons. The van der Waals surface area contributed by atoms with Crippen LogP contribution in [0, 0.1) is 74.2 Å². The Hall–Kier alpha value is -4.44. The number of halogens is 8. The van der Waals surface area contributed by atoms with Crippen LogP contribution in [0.15, 0.2) is 78.9 Å². The fourth-order valence-electron chi connectivity index (χ4n) is 6.17. The second-order valence-corrected chi connectivity index (χ2v) is 12.1. The Morgan fingerprint density at radius 1 is 0.426 bits per heavy atom. The van der Waals surface area contributed by atoms with Crippen LogP contribution in [0.3, 0.4) is 0 Å². The molecule has 47 heavy (non-hydrogen) atoms. The lowest BCUT2D eigenvalue weighted by Crippen LogP contribution is -3.04. The van der Waals surface area contributed by atoms with Gasteiger partial charge in [-0.1, -0.05) is 54.6 Å². The van der Waals surface area contributed by atoms with Crippen LogP contribution in [0.25, 0.3) is 0 Å². The third-order valence-corrected chi connectivity index (χ3v) is 8.41. The highest BCUT2D eigenvalue weighted by Crippen LogP contribution is 2.25. The van der Waals surface area contributed by atoms with Gasteiger partial charge in [0, 0.05) is 5.56 Å². The van der Waals surface area contributed by atoms with Crippen molar-refractivity contribution in [3.8, 4) is 0 Å². The molecule has 5 rings (SSSR count). The van der Waals surface area contributed by atoms with Crippen molar-refractivity contribution in [2.75, 3.05) is 14.1 Å². The molecule has 1 N–H and O–H groups in total. The molecule has 10 heteroatoms. The predicted octanol–water partition coefficient (Wildman–Crippen LogP) is 5.74. The van der Waals surface area contributed by atoms with E-state index < -0.39 is 74.5 Å². The smallest absolute Gasteiger partial charge is 0.136 e. The Balaban J connectivity index is 0.000000427. The molecule has 0 atom stereocenters. The maximum Gasteiger partial charge on any atom is 0.136 e. The van der Waals surface area contributed by atoms with Crippen molar-refractivity contribution in [3.63, 3.8) is 0 Å². The molecule has 0 spiro atoms. The monoisotopic (exact) mass is 655 g/mol. The molecule has 1 nitrogen and oxygen atoms in total. The van der Waals surface area contributed by atoms with Crippen molar-refractivity contribution in [2.24, 2.45) is 0 Å². The summed E-state index contributed by atoms with van der Waals surface area (Å²) in [6.45, 7) is 5.81. The average Bonchev–Trinajstić information content (AvgIpc) is 3.02. The Morgan fingerprint density at radius 2 is 0.702 bits per heavy atom. The Morgan fingerprint density at radius 3 is 0.957 bits per heavy atom. The fraction of sp³-hybridized carbons (Fsp3) is 0.189. The van der Waals surface area contributed by atoms with Gasteiger partial charge in [-0.05, 0) is 74.2 Å². The molecule has 0 saturated heterocycles. The van der Waals surface area contributed by atoms with E-state index in [-0.39, 0.29) is 22.3 Å². The molecule has 0 aliphatic rings. The van der Waals surface area contributed by atoms with Gasteiger partial charge in [0.15, 0.2) is 0 Å². The Kier molecular flexibility index (Phi) is 10.7. The van der Waals surface area contributed by atoms with Crippen LogP contribution in [-0.4, -0.2) is 20.2 Å². The maximum atomic E-state index is 15.9. The lowest BCUT2D eigenvalue weighted by molar-refractivity contribution is -0.872. The minimum Gasteiger partial charge on any atom is -0.336 e. The van der Waals surface area contributed by atoms with E-state index in [9.17, 15) is 0 Å². The highest BCUT2D eigenvalue weighted by atomic mass is 19.2. The average molecular weight is 655 g/mol. The van der Waals surface area contributed by atoms with Gasteiger partial charge in [0.1, 0.15) is 12.7 Å². The third-order valence-electron chi connectivity index (χ3n) is 8.41. The number of benzene rings is 5. The standard InChI is InChI=1S/C28H20BF8.C9H13N/c1-13-5-9-17(30)21(25(13)34)29(22-18(31)10-6-14(2)26(22)35,23-19(32)11-7-15(3)27(23)36)24-20(33)12-8-16(4)28(24)37;1-10(2)8-9-6-4-3-5-7-9/h5-12H,1-4H3;3-7H,8H2,1-2H3/q-1;/p+1. The second-order valence-electron chi connectivity index (χ2n) is 12.1. The van der Waals surface area contributed by atoms with Gasteiger partial charge in [0.2, 0.25) is 0 Å². The molecular formula is C37H34BF8N. The molecule has 0 aliphatic carbocycles. The molecule has 0 aromatic heterocycles. The molecular weight excluding hydrogens is 621 g/mol. The molecule has 0 fully saturated rings. The number of nitrogens with one attached hydrogen (secondary N) is 1. The maximum absolute atomic E-state index is 15.9. The van der Waals surface area contributed by atoms with Gasteiger partial charge in [-0.25, -0.2) is 35.1 Å². The zero-order chi connectivity index (χ0) is 34.8. The first kappa shape index (κ1) is 35.4. The lowest BCUT2D eigenvalue weighted by atomic mass is 9.12. The van der Waals surface area contributed by atoms with Gasteiger partial charge in [-0.15, -0.1) is 21.9 Å². The summed E-state index contributed by atoms with van der Waals surface area (Å²) in [6.07, 6.45) is -4.50. The topological polar surface area (TPSA) is 4.44 Å². The molecule has 0 unspecified atom stereocenters. The van der Waals surface area contributed by atoms with Crippen molar-refractivity contribution < 1.29 is 40.0 Å². The normalized spacial score (nSPS) is 11.5. The predicted molar refractivity (Wildman–Crippen MR) is 172 cm³/mol. The molecule has 0 bridgehead atoms. The minimum absolute atomic E-state index is 0.280. The zero-order valence-electron chi connectivity index (χ0n) is 26.8. The number of hydrogen-bond acceptors (Lipinski definition) is 0. The molecule has 5 aromatic carbocycles. The molecule has 0 amide bonds. The van der Waals surface area contributed by atoms with Crippen molar-refractivity contribution in [3.05, 3.63) is 153 Å². The Bertz CT molecular complexity index is 1690. The van der Waals surface area contributed by atoms with E-state index in [0.29, 0.717) is 24.3 Å². The summed E-state index contributed by atoms with van der Waals surface area (Å²) in [5.74, 6) is -11.8. The molecule has 5 aromatic rings. The third kappa shape index (κ3) is 6.56. The quantitative estimate of drug-likeness (QED) is 0.176. The molecule has 0 aliphatic heterocycles. The SMILES string of the molecule is C[NH+](C)Cc1ccccc1.Cc1ccc(F)c([B-](c2c(F)ccc(C)c2F)(c2c(F)ccc(C)c2F)c2c(F)ccc(C)c2F)c1F. The van der Waals surface area contributed by atoms with E-state index in [0.717, 1.165) is 30.8 Å². The van der Waals surface area contributed by atoms with Gasteiger partial charge >= 0.3 is 0 Å². The first-order valence-corrected chi connectivity index (χ1v) is 14.9. The summed E-state index contributed by atoms with van der Waals surface area (Å²) in [5, 5.41) is 0. The van der Waals surface area contributed by atoms with Crippen molar-refractivity contribution in [1.29, 1.82) is 0 Å². The van der Waals surface area contributed by atoms with Crippen LogP contribution in [0.2, 0.25) is 0 Å². The van der Waals surface area contributed by atoms with E-state index in [1.165, 1.54) is 38.2 Å². The summed E-state index contributed by atoms with van der Waals surface area (Å²) in [4.78, 5) is 1.46. The largest absolute Gasteiger partial charge is 0.336 e. The number of quaternary nitrogens is 1. The first-order chi connectivity index (χ1) is 22.1. The number of hydrogen-bond donors (Lipinski definition) is 1. The van der Waals surface area contributed by atoms with Crippen molar-refractivity contribution >= 4 is 28.0 Å². The van der Waals surface area contributed by atoms with E-state index >= 15 is 35.1 Å². The first-order valence-electron chi connectivity index (χ1n) is 14.9. The second kappa shape index (κ2) is 14.1. The summed E-state index contributed by atoms with van der Waals surface area (Å²) < 4.78 is 127. The van der Waals surface area contributed by atoms with E-state index in [1.54, 1.807) is 0 Å². The highest BCUT2D eigenvalue weighted by molar-refractivity contribution is 7.20. The van der Waals surface area contributed by atoms with Crippen LogP contribution in [0.4, 0.5) is 35.1 Å². The zero-order valence-corrected chi connectivity index (χ0v) is 26.8.